The third-order valence-corrected chi connectivity index (χ3v) is 3.96. The molecule has 108 valence electrons. The van der Waals surface area contributed by atoms with Crippen LogP contribution in [-0.2, 0) is 4.74 Å². The maximum atomic E-state index is 14.4. The number of nitrogens with one attached hydrogen (secondary N) is 1. The molecule has 1 aromatic rings. The van der Waals surface area contributed by atoms with Crippen molar-refractivity contribution < 1.29 is 9.13 Å². The summed E-state index contributed by atoms with van der Waals surface area (Å²) in [6, 6.07) is 3.47. The lowest BCUT2D eigenvalue weighted by atomic mass is 9.84. The first-order valence-corrected chi connectivity index (χ1v) is 6.94. The largest absolute Gasteiger partial charge is 0.377 e. The highest BCUT2D eigenvalue weighted by Gasteiger charge is 2.35. The maximum absolute atomic E-state index is 14.4. The first-order chi connectivity index (χ1) is 8.89. The van der Waals surface area contributed by atoms with Crippen molar-refractivity contribution in [3.8, 4) is 0 Å². The minimum Gasteiger partial charge on any atom is -0.377 e. The summed E-state index contributed by atoms with van der Waals surface area (Å²) < 4.78 is 20.1. The molecule has 0 fully saturated rings. The molecule has 0 aromatic heterocycles. The Morgan fingerprint density at radius 1 is 1.32 bits per heavy atom. The molecular formula is C16H26FNO. The summed E-state index contributed by atoms with van der Waals surface area (Å²) in [5, 5.41) is 3.38. The van der Waals surface area contributed by atoms with Crippen LogP contribution in [0.3, 0.4) is 0 Å². The van der Waals surface area contributed by atoms with Crippen LogP contribution in [0.1, 0.15) is 49.9 Å². The molecule has 0 radical (unpaired) electrons. The van der Waals surface area contributed by atoms with Gasteiger partial charge in [-0.15, -0.1) is 0 Å². The molecule has 1 N–H and O–H groups in total. The van der Waals surface area contributed by atoms with E-state index in [0.717, 1.165) is 29.7 Å². The molecule has 0 heterocycles. The Kier molecular flexibility index (Phi) is 5.50. The highest BCUT2D eigenvalue weighted by atomic mass is 19.1. The summed E-state index contributed by atoms with van der Waals surface area (Å²) in [5.74, 6) is -0.153. The van der Waals surface area contributed by atoms with Crippen LogP contribution in [0.4, 0.5) is 4.39 Å². The van der Waals surface area contributed by atoms with E-state index in [2.05, 4.69) is 12.2 Å². The molecule has 2 atom stereocenters. The predicted octanol–water partition coefficient (Wildman–Crippen LogP) is 3.91. The molecule has 3 heteroatoms. The van der Waals surface area contributed by atoms with Gasteiger partial charge in [0.25, 0.3) is 0 Å². The zero-order valence-corrected chi connectivity index (χ0v) is 12.9. The second kappa shape index (κ2) is 6.49. The number of benzene rings is 1. The number of halogens is 1. The average Bonchev–Trinajstić information content (AvgIpc) is 2.35. The van der Waals surface area contributed by atoms with Gasteiger partial charge in [0.05, 0.1) is 11.6 Å². The van der Waals surface area contributed by atoms with Gasteiger partial charge in [0, 0.05) is 12.7 Å². The van der Waals surface area contributed by atoms with Gasteiger partial charge in [-0.2, -0.15) is 0 Å². The molecule has 1 aromatic carbocycles. The van der Waals surface area contributed by atoms with Crippen LogP contribution in [0.15, 0.2) is 12.1 Å². The molecule has 2 unspecified atom stereocenters. The minimum atomic E-state index is -0.420. The lowest BCUT2D eigenvalue weighted by Crippen LogP contribution is -2.43. The summed E-state index contributed by atoms with van der Waals surface area (Å²) in [6.45, 7) is 10.8. The fourth-order valence-corrected chi connectivity index (χ4v) is 2.59. The zero-order chi connectivity index (χ0) is 14.6. The standard InChI is InChI=1S/C16H26FNO/c1-7-16(5,19-6)15(18-8-2)14-12(4)9-11(3)10-13(14)17/h9-10,15,18H,7-8H2,1-6H3. The maximum Gasteiger partial charge on any atom is 0.128 e. The number of aryl methyl sites for hydroxylation is 2. The Morgan fingerprint density at radius 2 is 1.95 bits per heavy atom. The third kappa shape index (κ3) is 3.34. The van der Waals surface area contributed by atoms with Gasteiger partial charge in [-0.25, -0.2) is 4.39 Å². The number of rotatable bonds is 6. The summed E-state index contributed by atoms with van der Waals surface area (Å²) in [6.07, 6.45) is 0.813. The van der Waals surface area contributed by atoms with Crippen LogP contribution < -0.4 is 5.32 Å². The monoisotopic (exact) mass is 267 g/mol. The van der Waals surface area contributed by atoms with Crippen molar-refractivity contribution >= 4 is 0 Å². The molecule has 0 saturated carbocycles. The van der Waals surface area contributed by atoms with E-state index in [-0.39, 0.29) is 11.9 Å². The van der Waals surface area contributed by atoms with E-state index < -0.39 is 5.60 Å². The van der Waals surface area contributed by atoms with Crippen LogP contribution >= 0.6 is 0 Å². The van der Waals surface area contributed by atoms with Gasteiger partial charge in [-0.1, -0.05) is 19.9 Å². The van der Waals surface area contributed by atoms with Crippen LogP contribution in [0.2, 0.25) is 0 Å². The van der Waals surface area contributed by atoms with Crippen LogP contribution in [0.25, 0.3) is 0 Å². The van der Waals surface area contributed by atoms with E-state index in [0.29, 0.717) is 0 Å². The smallest absolute Gasteiger partial charge is 0.128 e. The second-order valence-electron chi connectivity index (χ2n) is 5.34. The fraction of sp³-hybridized carbons (Fsp3) is 0.625. The van der Waals surface area contributed by atoms with Crippen molar-refractivity contribution in [3.63, 3.8) is 0 Å². The molecular weight excluding hydrogens is 241 g/mol. The van der Waals surface area contributed by atoms with Crippen LogP contribution in [0.5, 0.6) is 0 Å². The van der Waals surface area contributed by atoms with Crippen molar-refractivity contribution in [2.24, 2.45) is 0 Å². The number of likely N-dealkylation sites (N-methyl/N-ethyl adjacent to an activating group) is 1. The van der Waals surface area contributed by atoms with Crippen LogP contribution in [-0.4, -0.2) is 19.3 Å². The van der Waals surface area contributed by atoms with Crippen LogP contribution in [0, 0.1) is 19.7 Å². The third-order valence-electron chi connectivity index (χ3n) is 3.96. The van der Waals surface area contributed by atoms with Crippen molar-refractivity contribution in [1.29, 1.82) is 0 Å². The van der Waals surface area contributed by atoms with E-state index in [9.17, 15) is 4.39 Å². The fourth-order valence-electron chi connectivity index (χ4n) is 2.59. The highest BCUT2D eigenvalue weighted by molar-refractivity contribution is 5.36. The van der Waals surface area contributed by atoms with Crippen molar-refractivity contribution in [3.05, 3.63) is 34.6 Å². The quantitative estimate of drug-likeness (QED) is 0.843. The topological polar surface area (TPSA) is 21.3 Å². The lowest BCUT2D eigenvalue weighted by Gasteiger charge is -2.37. The SMILES string of the molecule is CCNC(c1c(C)cc(C)cc1F)C(C)(CC)OC. The van der Waals surface area contributed by atoms with Crippen molar-refractivity contribution in [2.45, 2.75) is 52.7 Å². The molecule has 1 rings (SSSR count). The molecule has 0 aliphatic heterocycles. The van der Waals surface area contributed by atoms with Gasteiger partial charge in [0.1, 0.15) is 5.82 Å². The summed E-state index contributed by atoms with van der Waals surface area (Å²) >= 11 is 0. The Hall–Kier alpha value is -0.930. The molecule has 0 aliphatic carbocycles. The number of hydrogen-bond acceptors (Lipinski definition) is 2. The van der Waals surface area contributed by atoms with Gasteiger partial charge in [-0.3, -0.25) is 0 Å². The zero-order valence-electron chi connectivity index (χ0n) is 12.9. The molecule has 2 nitrogen and oxygen atoms in total. The van der Waals surface area contributed by atoms with Gasteiger partial charge in [0.2, 0.25) is 0 Å². The highest BCUT2D eigenvalue weighted by Crippen LogP contribution is 2.35. The number of hydrogen-bond donors (Lipinski definition) is 1. The number of ether oxygens (including phenoxy) is 1. The Labute approximate surface area is 116 Å². The molecule has 19 heavy (non-hydrogen) atoms. The van der Waals surface area contributed by atoms with E-state index in [4.69, 9.17) is 4.74 Å². The van der Waals surface area contributed by atoms with Gasteiger partial charge in [-0.05, 0) is 50.9 Å². The predicted molar refractivity (Wildman–Crippen MR) is 78.0 cm³/mol. The number of methoxy groups -OCH3 is 1. The molecule has 0 saturated heterocycles. The molecule has 0 spiro atoms. The van der Waals surface area contributed by atoms with Gasteiger partial charge in [0.15, 0.2) is 0 Å². The molecule has 0 bridgehead atoms. The van der Waals surface area contributed by atoms with Crippen molar-refractivity contribution in [2.75, 3.05) is 13.7 Å². The lowest BCUT2D eigenvalue weighted by molar-refractivity contribution is -0.0306. The van der Waals surface area contributed by atoms with Gasteiger partial charge >= 0.3 is 0 Å². The Balaban J connectivity index is 3.34. The Morgan fingerprint density at radius 3 is 2.37 bits per heavy atom. The minimum absolute atomic E-state index is 0.145. The second-order valence-corrected chi connectivity index (χ2v) is 5.34. The molecule has 0 aliphatic rings. The normalized spacial score (nSPS) is 16.2. The van der Waals surface area contributed by atoms with Crippen molar-refractivity contribution in [1.82, 2.24) is 5.32 Å². The van der Waals surface area contributed by atoms with Gasteiger partial charge < -0.3 is 10.1 Å². The van der Waals surface area contributed by atoms with E-state index in [1.807, 2.05) is 33.8 Å². The summed E-state index contributed by atoms with van der Waals surface area (Å²) in [5.41, 5.74) is 2.22. The molecule has 0 amide bonds. The van der Waals surface area contributed by atoms with E-state index in [1.165, 1.54) is 0 Å². The Bertz CT molecular complexity index is 404. The first kappa shape index (κ1) is 16.1. The van der Waals surface area contributed by atoms with E-state index >= 15 is 0 Å². The average molecular weight is 267 g/mol. The summed E-state index contributed by atoms with van der Waals surface area (Å²) in [4.78, 5) is 0. The first-order valence-electron chi connectivity index (χ1n) is 6.94. The summed E-state index contributed by atoms with van der Waals surface area (Å²) in [7, 11) is 1.69. The van der Waals surface area contributed by atoms with E-state index in [1.54, 1.807) is 13.2 Å².